The molecule has 0 unspecified atom stereocenters. The van der Waals surface area contributed by atoms with Gasteiger partial charge in [0.1, 0.15) is 0 Å². The van der Waals surface area contributed by atoms with Gasteiger partial charge in [0.2, 0.25) is 0 Å². The van der Waals surface area contributed by atoms with Crippen LogP contribution in [0.15, 0.2) is 78.9 Å². The van der Waals surface area contributed by atoms with Crippen molar-refractivity contribution in [3.8, 4) is 0 Å². The minimum atomic E-state index is -0.716. The number of hydrogen-bond donors (Lipinski definition) is 2. The maximum atomic E-state index is 12.4. The lowest BCUT2D eigenvalue weighted by atomic mass is 10.0. The van der Waals surface area contributed by atoms with Gasteiger partial charge in [-0.25, -0.2) is 4.79 Å². The van der Waals surface area contributed by atoms with E-state index in [0.717, 1.165) is 0 Å². The van der Waals surface area contributed by atoms with E-state index in [1.165, 1.54) is 36.4 Å². The van der Waals surface area contributed by atoms with E-state index < -0.39 is 24.4 Å². The van der Waals surface area contributed by atoms with Crippen molar-refractivity contribution >= 4 is 29.3 Å². The van der Waals surface area contributed by atoms with Gasteiger partial charge in [-0.2, -0.15) is 0 Å². The number of amides is 2. The molecule has 0 aliphatic carbocycles. The summed E-state index contributed by atoms with van der Waals surface area (Å²) in [5.41, 5.74) is 6.81. The van der Waals surface area contributed by atoms with Crippen LogP contribution in [-0.2, 0) is 9.53 Å². The first kappa shape index (κ1) is 20.5. The molecule has 0 fully saturated rings. The second-order valence-corrected chi connectivity index (χ2v) is 6.31. The number of nitrogens with one attached hydrogen (secondary N) is 1. The van der Waals surface area contributed by atoms with E-state index in [0.29, 0.717) is 11.1 Å². The molecule has 0 aliphatic heterocycles. The van der Waals surface area contributed by atoms with Crippen LogP contribution in [0.4, 0.5) is 5.69 Å². The average Bonchev–Trinajstić information content (AvgIpc) is 2.78. The maximum absolute atomic E-state index is 12.4. The predicted molar refractivity (Wildman–Crippen MR) is 110 cm³/mol. The highest BCUT2D eigenvalue weighted by Crippen LogP contribution is 2.15. The molecule has 3 aromatic carbocycles. The monoisotopic (exact) mass is 402 g/mol. The Bertz CT molecular complexity index is 1090. The SMILES string of the molecule is NC(=O)c1ccccc1NC(=O)COC(=O)c1ccc(C(=O)c2ccccc2)cc1. The first-order chi connectivity index (χ1) is 14.5. The van der Waals surface area contributed by atoms with E-state index >= 15 is 0 Å². The average molecular weight is 402 g/mol. The zero-order chi connectivity index (χ0) is 21.5. The van der Waals surface area contributed by atoms with Crippen molar-refractivity contribution < 1.29 is 23.9 Å². The number of primary amides is 1. The Kier molecular flexibility index (Phi) is 6.34. The van der Waals surface area contributed by atoms with Gasteiger partial charge in [0.05, 0.1) is 16.8 Å². The zero-order valence-electron chi connectivity index (χ0n) is 15.8. The molecule has 0 aliphatic rings. The van der Waals surface area contributed by atoms with E-state index in [1.54, 1.807) is 36.4 Å². The second kappa shape index (κ2) is 9.29. The standard InChI is InChI=1S/C23H18N2O5/c24-22(28)18-8-4-5-9-19(18)25-20(26)14-30-23(29)17-12-10-16(11-13-17)21(27)15-6-2-1-3-7-15/h1-13H,14H2,(H2,24,28)(H,25,26). The third-order valence-corrected chi connectivity index (χ3v) is 4.22. The molecule has 0 radical (unpaired) electrons. The predicted octanol–water partition coefficient (Wildman–Crippen LogP) is 2.81. The normalized spacial score (nSPS) is 10.1. The number of nitrogens with two attached hydrogens (primary N) is 1. The Hall–Kier alpha value is -4.26. The number of carbonyl (C=O) groups excluding carboxylic acids is 4. The van der Waals surface area contributed by atoms with E-state index in [4.69, 9.17) is 10.5 Å². The number of ether oxygens (including phenoxy) is 1. The zero-order valence-corrected chi connectivity index (χ0v) is 15.8. The summed E-state index contributed by atoms with van der Waals surface area (Å²) in [6, 6.07) is 21.0. The first-order valence-corrected chi connectivity index (χ1v) is 9.01. The van der Waals surface area contributed by atoms with Crippen LogP contribution in [0, 0.1) is 0 Å². The number of ketones is 1. The fourth-order valence-electron chi connectivity index (χ4n) is 2.72. The molecule has 150 valence electrons. The highest BCUT2D eigenvalue weighted by Gasteiger charge is 2.14. The topological polar surface area (TPSA) is 116 Å². The van der Waals surface area contributed by atoms with Gasteiger partial charge in [-0.1, -0.05) is 54.6 Å². The van der Waals surface area contributed by atoms with Crippen LogP contribution in [0.2, 0.25) is 0 Å². The largest absolute Gasteiger partial charge is 0.452 e. The Balaban J connectivity index is 1.58. The molecule has 0 saturated heterocycles. The van der Waals surface area contributed by atoms with Gasteiger partial charge in [-0.05, 0) is 24.3 Å². The van der Waals surface area contributed by atoms with E-state index in [-0.39, 0.29) is 22.6 Å². The van der Waals surface area contributed by atoms with Crippen LogP contribution in [0.5, 0.6) is 0 Å². The Labute approximate surface area is 172 Å². The maximum Gasteiger partial charge on any atom is 0.338 e. The van der Waals surface area contributed by atoms with Crippen molar-refractivity contribution in [2.75, 3.05) is 11.9 Å². The summed E-state index contributed by atoms with van der Waals surface area (Å²) in [5.74, 6) is -2.18. The quantitative estimate of drug-likeness (QED) is 0.466. The van der Waals surface area contributed by atoms with Crippen molar-refractivity contribution in [2.24, 2.45) is 5.73 Å². The van der Waals surface area contributed by atoms with Crippen LogP contribution >= 0.6 is 0 Å². The smallest absolute Gasteiger partial charge is 0.338 e. The van der Waals surface area contributed by atoms with Gasteiger partial charge in [0.25, 0.3) is 11.8 Å². The fraction of sp³-hybridized carbons (Fsp3) is 0.0435. The summed E-state index contributed by atoms with van der Waals surface area (Å²) in [6.45, 7) is -0.545. The number of para-hydroxylation sites is 1. The molecule has 3 N–H and O–H groups in total. The first-order valence-electron chi connectivity index (χ1n) is 9.01. The fourth-order valence-corrected chi connectivity index (χ4v) is 2.72. The second-order valence-electron chi connectivity index (χ2n) is 6.31. The van der Waals surface area contributed by atoms with Crippen LogP contribution in [0.3, 0.4) is 0 Å². The lowest BCUT2D eigenvalue weighted by Crippen LogP contribution is -2.23. The third kappa shape index (κ3) is 4.96. The van der Waals surface area contributed by atoms with E-state index in [1.807, 2.05) is 6.07 Å². The highest BCUT2D eigenvalue weighted by molar-refractivity contribution is 6.09. The van der Waals surface area contributed by atoms with Crippen molar-refractivity contribution in [1.29, 1.82) is 0 Å². The summed E-state index contributed by atoms with van der Waals surface area (Å²) in [7, 11) is 0. The molecule has 0 aromatic heterocycles. The van der Waals surface area contributed by atoms with Crippen LogP contribution in [0.1, 0.15) is 36.6 Å². The lowest BCUT2D eigenvalue weighted by molar-refractivity contribution is -0.119. The molecule has 0 atom stereocenters. The molecule has 0 bridgehead atoms. The van der Waals surface area contributed by atoms with Crippen molar-refractivity contribution in [3.05, 3.63) is 101 Å². The van der Waals surface area contributed by atoms with Gasteiger partial charge in [0, 0.05) is 11.1 Å². The summed E-state index contributed by atoms with van der Waals surface area (Å²) < 4.78 is 5.00. The lowest BCUT2D eigenvalue weighted by Gasteiger charge is -2.09. The van der Waals surface area contributed by atoms with Crippen LogP contribution in [0.25, 0.3) is 0 Å². The molecular formula is C23H18N2O5. The summed E-state index contributed by atoms with van der Waals surface area (Å²) >= 11 is 0. The number of hydrogen-bond acceptors (Lipinski definition) is 5. The number of anilines is 1. The minimum absolute atomic E-state index is 0.149. The molecule has 0 saturated carbocycles. The molecule has 30 heavy (non-hydrogen) atoms. The van der Waals surface area contributed by atoms with E-state index in [9.17, 15) is 19.2 Å². The van der Waals surface area contributed by atoms with E-state index in [2.05, 4.69) is 5.32 Å². The highest BCUT2D eigenvalue weighted by atomic mass is 16.5. The Morgan fingerprint density at radius 1 is 0.733 bits per heavy atom. The van der Waals surface area contributed by atoms with Crippen molar-refractivity contribution in [3.63, 3.8) is 0 Å². The van der Waals surface area contributed by atoms with Gasteiger partial charge in [-0.3, -0.25) is 14.4 Å². The molecule has 7 nitrogen and oxygen atoms in total. The van der Waals surface area contributed by atoms with Crippen LogP contribution in [-0.4, -0.2) is 30.2 Å². The van der Waals surface area contributed by atoms with Gasteiger partial charge >= 0.3 is 5.97 Å². The summed E-state index contributed by atoms with van der Waals surface area (Å²) in [5, 5.41) is 2.48. The van der Waals surface area contributed by atoms with Gasteiger partial charge in [0.15, 0.2) is 12.4 Å². The molecule has 7 heteroatoms. The molecule has 2 amide bonds. The molecule has 3 rings (SSSR count). The Morgan fingerprint density at radius 2 is 1.30 bits per heavy atom. The number of benzene rings is 3. The number of esters is 1. The summed E-state index contributed by atoms with van der Waals surface area (Å²) in [4.78, 5) is 48.0. The number of carbonyl (C=O) groups is 4. The van der Waals surface area contributed by atoms with Crippen molar-refractivity contribution in [1.82, 2.24) is 0 Å². The van der Waals surface area contributed by atoms with Crippen LogP contribution < -0.4 is 11.1 Å². The molecule has 0 spiro atoms. The molecule has 3 aromatic rings. The summed E-state index contributed by atoms with van der Waals surface area (Å²) in [6.07, 6.45) is 0. The minimum Gasteiger partial charge on any atom is -0.452 e. The van der Waals surface area contributed by atoms with Crippen molar-refractivity contribution in [2.45, 2.75) is 0 Å². The van der Waals surface area contributed by atoms with Gasteiger partial charge < -0.3 is 15.8 Å². The number of rotatable bonds is 7. The third-order valence-electron chi connectivity index (χ3n) is 4.22. The molecule has 0 heterocycles. The Morgan fingerprint density at radius 3 is 1.97 bits per heavy atom. The van der Waals surface area contributed by atoms with Gasteiger partial charge in [-0.15, -0.1) is 0 Å². The molecular weight excluding hydrogens is 384 g/mol.